The van der Waals surface area contributed by atoms with Crippen LogP contribution in [0.5, 0.6) is 5.75 Å². The van der Waals surface area contributed by atoms with E-state index in [-0.39, 0.29) is 24.1 Å². The lowest BCUT2D eigenvalue weighted by atomic mass is 10.1. The zero-order chi connectivity index (χ0) is 22.5. The minimum Gasteiger partial charge on any atom is -0.497 e. The molecule has 3 aromatic carbocycles. The zero-order valence-electron chi connectivity index (χ0n) is 17.0. The number of nitrogens with zero attached hydrogens (tertiary/aromatic N) is 4. The Morgan fingerprint density at radius 3 is 2.38 bits per heavy atom. The first-order valence-electron chi connectivity index (χ1n) is 9.65. The highest BCUT2D eigenvalue weighted by Gasteiger charge is 2.15. The van der Waals surface area contributed by atoms with E-state index in [1.807, 2.05) is 0 Å². The summed E-state index contributed by atoms with van der Waals surface area (Å²) in [5, 5.41) is 15.0. The molecule has 8 nitrogen and oxygen atoms in total. The number of tetrazole rings is 1. The van der Waals surface area contributed by atoms with Gasteiger partial charge in [-0.15, -0.1) is 10.2 Å². The Hall–Kier alpha value is -4.40. The predicted molar refractivity (Wildman–Crippen MR) is 115 cm³/mol. The molecule has 0 spiro atoms. The third-order valence-corrected chi connectivity index (χ3v) is 4.67. The van der Waals surface area contributed by atoms with E-state index in [0.717, 1.165) is 4.80 Å². The van der Waals surface area contributed by atoms with Gasteiger partial charge in [-0.2, -0.15) is 4.80 Å². The number of carbonyl (C=O) groups is 2. The molecule has 0 unspecified atom stereocenters. The van der Waals surface area contributed by atoms with Crippen LogP contribution in [0, 0.1) is 5.82 Å². The lowest BCUT2D eigenvalue weighted by Gasteiger charge is -2.09. The van der Waals surface area contributed by atoms with Gasteiger partial charge in [-0.1, -0.05) is 12.1 Å². The van der Waals surface area contributed by atoms with E-state index >= 15 is 0 Å². The van der Waals surface area contributed by atoms with Crippen molar-refractivity contribution in [1.82, 2.24) is 20.2 Å². The number of hydrogen-bond acceptors (Lipinski definition) is 6. The molecule has 160 valence electrons. The normalized spacial score (nSPS) is 10.6. The van der Waals surface area contributed by atoms with Crippen LogP contribution in [0.2, 0.25) is 0 Å². The van der Waals surface area contributed by atoms with Gasteiger partial charge in [0.15, 0.2) is 5.78 Å². The average molecular weight is 431 g/mol. The Bertz CT molecular complexity index is 1250. The summed E-state index contributed by atoms with van der Waals surface area (Å²) in [5.74, 6) is -0.106. The van der Waals surface area contributed by atoms with Crippen molar-refractivity contribution in [3.05, 3.63) is 89.7 Å². The summed E-state index contributed by atoms with van der Waals surface area (Å²) in [6.07, 6.45) is 0. The first-order chi connectivity index (χ1) is 15.5. The molecular formula is C23H18FN5O3. The lowest BCUT2D eigenvalue weighted by molar-refractivity contribution is 0.0960. The Balaban J connectivity index is 1.51. The third-order valence-electron chi connectivity index (χ3n) is 4.67. The second kappa shape index (κ2) is 9.17. The Morgan fingerprint density at radius 2 is 1.66 bits per heavy atom. The summed E-state index contributed by atoms with van der Waals surface area (Å²) in [4.78, 5) is 26.2. The standard InChI is InChI=1S/C23H18FN5O3/c1-32-18-12-8-16(9-13-18)23(31)25-20-5-3-2-4-19(20)22-26-28-29(27-22)14-21(30)15-6-10-17(24)11-7-15/h2-13H,14H2,1H3,(H,25,31). The van der Waals surface area contributed by atoms with E-state index in [4.69, 9.17) is 4.74 Å². The fourth-order valence-corrected chi connectivity index (χ4v) is 3.00. The molecule has 0 atom stereocenters. The van der Waals surface area contributed by atoms with Crippen molar-refractivity contribution in [3.8, 4) is 17.1 Å². The van der Waals surface area contributed by atoms with Crippen molar-refractivity contribution in [3.63, 3.8) is 0 Å². The minimum atomic E-state index is -0.420. The Morgan fingerprint density at radius 1 is 0.969 bits per heavy atom. The topological polar surface area (TPSA) is 99.0 Å². The summed E-state index contributed by atoms with van der Waals surface area (Å²) in [6.45, 7) is -0.154. The number of ketones is 1. The van der Waals surface area contributed by atoms with Crippen LogP contribution in [0.15, 0.2) is 72.8 Å². The van der Waals surface area contributed by atoms with Crippen LogP contribution in [0.1, 0.15) is 20.7 Å². The van der Waals surface area contributed by atoms with Gasteiger partial charge in [-0.3, -0.25) is 9.59 Å². The SMILES string of the molecule is COc1ccc(C(=O)Nc2ccccc2-c2nnn(CC(=O)c3ccc(F)cc3)n2)cc1. The van der Waals surface area contributed by atoms with Gasteiger partial charge in [0.25, 0.3) is 5.91 Å². The van der Waals surface area contributed by atoms with Crippen LogP contribution in [0.25, 0.3) is 11.4 Å². The number of halogens is 1. The molecule has 0 aliphatic rings. The van der Waals surface area contributed by atoms with Crippen LogP contribution in [0.3, 0.4) is 0 Å². The van der Waals surface area contributed by atoms with Crippen molar-refractivity contribution in [2.24, 2.45) is 0 Å². The van der Waals surface area contributed by atoms with Crippen LogP contribution >= 0.6 is 0 Å². The van der Waals surface area contributed by atoms with Gasteiger partial charge < -0.3 is 10.1 Å². The quantitative estimate of drug-likeness (QED) is 0.449. The molecule has 0 saturated carbocycles. The van der Waals surface area contributed by atoms with Crippen molar-refractivity contribution in [2.75, 3.05) is 12.4 Å². The van der Waals surface area contributed by atoms with Crippen molar-refractivity contribution >= 4 is 17.4 Å². The van der Waals surface area contributed by atoms with Crippen molar-refractivity contribution in [2.45, 2.75) is 6.54 Å². The van der Waals surface area contributed by atoms with Gasteiger partial charge in [0, 0.05) is 16.7 Å². The second-order valence-electron chi connectivity index (χ2n) is 6.80. The number of anilines is 1. The number of para-hydroxylation sites is 1. The Labute approximate surface area is 182 Å². The molecular weight excluding hydrogens is 413 g/mol. The largest absolute Gasteiger partial charge is 0.497 e. The number of methoxy groups -OCH3 is 1. The van der Waals surface area contributed by atoms with Gasteiger partial charge in [0.2, 0.25) is 5.82 Å². The second-order valence-corrected chi connectivity index (χ2v) is 6.80. The number of benzene rings is 3. The number of carbonyl (C=O) groups excluding carboxylic acids is 2. The molecule has 0 bridgehead atoms. The number of nitrogens with one attached hydrogen (secondary N) is 1. The van der Waals surface area contributed by atoms with Crippen LogP contribution in [0.4, 0.5) is 10.1 Å². The highest BCUT2D eigenvalue weighted by Crippen LogP contribution is 2.25. The smallest absolute Gasteiger partial charge is 0.255 e. The zero-order valence-corrected chi connectivity index (χ0v) is 17.0. The van der Waals surface area contributed by atoms with Gasteiger partial charge >= 0.3 is 0 Å². The fraction of sp³-hybridized carbons (Fsp3) is 0.0870. The van der Waals surface area contributed by atoms with Crippen LogP contribution in [-0.4, -0.2) is 39.0 Å². The highest BCUT2D eigenvalue weighted by atomic mass is 19.1. The molecule has 0 aliphatic carbocycles. The van der Waals surface area contributed by atoms with E-state index in [1.165, 1.54) is 24.3 Å². The molecule has 4 aromatic rings. The van der Waals surface area contributed by atoms with Gasteiger partial charge in [-0.25, -0.2) is 4.39 Å². The molecule has 32 heavy (non-hydrogen) atoms. The van der Waals surface area contributed by atoms with E-state index in [0.29, 0.717) is 28.1 Å². The molecule has 0 aliphatic heterocycles. The number of ether oxygens (including phenoxy) is 1. The number of rotatable bonds is 7. The third kappa shape index (κ3) is 4.67. The molecule has 0 fully saturated rings. The van der Waals surface area contributed by atoms with Crippen molar-refractivity contribution < 1.29 is 18.7 Å². The molecule has 1 N–H and O–H groups in total. The minimum absolute atomic E-state index is 0.154. The summed E-state index contributed by atoms with van der Waals surface area (Å²) in [7, 11) is 1.55. The molecule has 0 saturated heterocycles. The van der Waals surface area contributed by atoms with E-state index in [1.54, 1.807) is 55.6 Å². The summed E-state index contributed by atoms with van der Waals surface area (Å²) < 4.78 is 18.2. The first kappa shape index (κ1) is 20.9. The first-order valence-corrected chi connectivity index (χ1v) is 9.65. The lowest BCUT2D eigenvalue weighted by Crippen LogP contribution is -2.13. The van der Waals surface area contributed by atoms with E-state index < -0.39 is 5.82 Å². The van der Waals surface area contributed by atoms with Crippen LogP contribution in [-0.2, 0) is 6.54 Å². The molecule has 4 rings (SSSR count). The monoisotopic (exact) mass is 431 g/mol. The number of Topliss-reactive ketones (excluding diaryl/α,β-unsaturated/α-hetero) is 1. The molecule has 1 heterocycles. The maximum absolute atomic E-state index is 13.1. The molecule has 1 aromatic heterocycles. The van der Waals surface area contributed by atoms with Gasteiger partial charge in [0.05, 0.1) is 12.8 Å². The Kier molecular flexibility index (Phi) is 5.98. The van der Waals surface area contributed by atoms with Crippen molar-refractivity contribution in [1.29, 1.82) is 0 Å². The predicted octanol–water partition coefficient (Wildman–Crippen LogP) is 3.62. The molecule has 1 amide bonds. The fourth-order valence-electron chi connectivity index (χ4n) is 3.00. The summed E-state index contributed by atoms with van der Waals surface area (Å²) in [5.41, 5.74) is 1.85. The summed E-state index contributed by atoms with van der Waals surface area (Å²) >= 11 is 0. The van der Waals surface area contributed by atoms with E-state index in [2.05, 4.69) is 20.7 Å². The highest BCUT2D eigenvalue weighted by molar-refractivity contribution is 6.06. The number of hydrogen-bond donors (Lipinski definition) is 1. The number of amides is 1. The maximum Gasteiger partial charge on any atom is 0.255 e. The van der Waals surface area contributed by atoms with Gasteiger partial charge in [0.1, 0.15) is 18.1 Å². The average Bonchev–Trinajstić information content (AvgIpc) is 3.28. The molecule has 9 heteroatoms. The van der Waals surface area contributed by atoms with E-state index in [9.17, 15) is 14.0 Å². The van der Waals surface area contributed by atoms with Crippen LogP contribution < -0.4 is 10.1 Å². The molecule has 0 radical (unpaired) electrons. The number of aromatic nitrogens is 4. The summed E-state index contributed by atoms with van der Waals surface area (Å²) in [6, 6.07) is 19.0. The van der Waals surface area contributed by atoms with Gasteiger partial charge in [-0.05, 0) is 65.9 Å². The maximum atomic E-state index is 13.1.